The van der Waals surface area contributed by atoms with E-state index >= 15 is 0 Å². The van der Waals surface area contributed by atoms with Crippen LogP contribution >= 0.6 is 0 Å². The summed E-state index contributed by atoms with van der Waals surface area (Å²) in [4.78, 5) is 18.6. The van der Waals surface area contributed by atoms with E-state index in [0.717, 1.165) is 0 Å². The topological polar surface area (TPSA) is 55.0 Å². The van der Waals surface area contributed by atoms with Crippen LogP contribution in [0.4, 0.5) is 0 Å². The zero-order valence-electron chi connectivity index (χ0n) is 11.7. The Hall–Kier alpha value is -2.10. The molecule has 0 aliphatic rings. The van der Waals surface area contributed by atoms with E-state index in [9.17, 15) is 4.79 Å². The van der Waals surface area contributed by atoms with Gasteiger partial charge in [-0.1, -0.05) is 39.0 Å². The minimum atomic E-state index is -0.179. The Bertz CT molecular complexity index is 602. The van der Waals surface area contributed by atoms with Crippen molar-refractivity contribution in [3.63, 3.8) is 0 Å². The van der Waals surface area contributed by atoms with Gasteiger partial charge in [0, 0.05) is 0 Å². The van der Waals surface area contributed by atoms with Crippen molar-refractivity contribution in [2.45, 2.75) is 27.2 Å². The second-order valence-corrected chi connectivity index (χ2v) is 3.99. The Balaban J connectivity index is 0.000000550. The van der Waals surface area contributed by atoms with Crippen LogP contribution in [0.15, 0.2) is 35.6 Å². The molecule has 1 aromatic carbocycles. The van der Waals surface area contributed by atoms with Gasteiger partial charge < -0.3 is 9.72 Å². The van der Waals surface area contributed by atoms with E-state index in [1.807, 2.05) is 13.0 Å². The molecule has 4 nitrogen and oxygen atoms in total. The molecule has 0 bridgehead atoms. The zero-order chi connectivity index (χ0) is 14.3. The minimum Gasteiger partial charge on any atom is -0.491 e. The van der Waals surface area contributed by atoms with Gasteiger partial charge >= 0.3 is 0 Å². The molecular formula is C15H20N2O2. The van der Waals surface area contributed by atoms with Gasteiger partial charge in [-0.05, 0) is 19.1 Å². The number of aromatic amines is 1. The fraction of sp³-hybridized carbons (Fsp3) is 0.333. The van der Waals surface area contributed by atoms with Crippen LogP contribution in [0.3, 0.4) is 0 Å². The van der Waals surface area contributed by atoms with Gasteiger partial charge in [0.05, 0.1) is 17.5 Å². The van der Waals surface area contributed by atoms with Crippen molar-refractivity contribution >= 4 is 16.7 Å². The van der Waals surface area contributed by atoms with E-state index in [0.29, 0.717) is 29.1 Å². The fourth-order valence-electron chi connectivity index (χ4n) is 1.46. The number of H-pyrrole nitrogens is 1. The highest BCUT2D eigenvalue weighted by molar-refractivity contribution is 5.78. The van der Waals surface area contributed by atoms with E-state index in [1.54, 1.807) is 18.2 Å². The van der Waals surface area contributed by atoms with Gasteiger partial charge in [0.25, 0.3) is 5.56 Å². The van der Waals surface area contributed by atoms with Gasteiger partial charge in [0.15, 0.2) is 11.6 Å². The van der Waals surface area contributed by atoms with Crippen LogP contribution in [0.25, 0.3) is 16.7 Å². The predicted octanol–water partition coefficient (Wildman–Crippen LogP) is 3.35. The van der Waals surface area contributed by atoms with E-state index in [2.05, 4.69) is 30.4 Å². The highest BCUT2D eigenvalue weighted by Crippen LogP contribution is 2.11. The maximum absolute atomic E-state index is 11.7. The first-order chi connectivity index (χ1) is 9.13. The van der Waals surface area contributed by atoms with Gasteiger partial charge in [-0.25, -0.2) is 4.98 Å². The van der Waals surface area contributed by atoms with Gasteiger partial charge in [-0.3, -0.25) is 4.79 Å². The number of rotatable bonds is 3. The van der Waals surface area contributed by atoms with Crippen molar-refractivity contribution in [3.05, 3.63) is 47.0 Å². The molecule has 2 rings (SSSR count). The normalized spacial score (nSPS) is 9.63. The number of para-hydroxylation sites is 1. The van der Waals surface area contributed by atoms with E-state index in [4.69, 9.17) is 4.74 Å². The smallest absolute Gasteiger partial charge is 0.259 e. The van der Waals surface area contributed by atoms with Crippen LogP contribution in [0.1, 0.15) is 33.0 Å². The van der Waals surface area contributed by atoms with Crippen LogP contribution in [-0.2, 0) is 4.74 Å². The Morgan fingerprint density at radius 3 is 2.58 bits per heavy atom. The van der Waals surface area contributed by atoms with E-state index in [-0.39, 0.29) is 5.56 Å². The summed E-state index contributed by atoms with van der Waals surface area (Å²) in [6.07, 6.45) is 1.25. The van der Waals surface area contributed by atoms with Crippen molar-refractivity contribution in [1.29, 1.82) is 0 Å². The Morgan fingerprint density at radius 2 is 1.95 bits per heavy atom. The predicted molar refractivity (Wildman–Crippen MR) is 79.0 cm³/mol. The van der Waals surface area contributed by atoms with E-state index in [1.165, 1.54) is 6.42 Å². The number of nitrogens with zero attached hydrogens (tertiary/aromatic N) is 1. The van der Waals surface area contributed by atoms with Gasteiger partial charge in [-0.2, -0.15) is 0 Å². The molecule has 0 amide bonds. The highest BCUT2D eigenvalue weighted by Gasteiger charge is 2.06. The lowest BCUT2D eigenvalue weighted by molar-refractivity contribution is 0.296. The number of ether oxygens (including phenoxy) is 1. The van der Waals surface area contributed by atoms with E-state index < -0.39 is 0 Å². The molecule has 0 saturated carbocycles. The third-order valence-electron chi connectivity index (χ3n) is 2.20. The summed E-state index contributed by atoms with van der Waals surface area (Å²) in [5.74, 6) is 0.760. The Labute approximate surface area is 113 Å². The summed E-state index contributed by atoms with van der Waals surface area (Å²) in [7, 11) is 0. The van der Waals surface area contributed by atoms with Gasteiger partial charge in [-0.15, -0.1) is 0 Å². The standard InChI is InChI=1S/C12H12N2O2.C3H8/c1-3-16-8(2)11-13-10-7-5-4-6-9(10)12(15)14-11;1-3-2/h4-7H,2-3H2,1H3,(H,13,14,15);3H2,1-2H3. The molecule has 0 radical (unpaired) electrons. The lowest BCUT2D eigenvalue weighted by Gasteiger charge is -2.06. The number of aromatic nitrogens is 2. The zero-order valence-corrected chi connectivity index (χ0v) is 11.7. The molecule has 0 saturated heterocycles. The van der Waals surface area contributed by atoms with Crippen LogP contribution in [0.2, 0.25) is 0 Å². The third kappa shape index (κ3) is 3.95. The molecule has 1 N–H and O–H groups in total. The van der Waals surface area contributed by atoms with Gasteiger partial charge in [0.2, 0.25) is 0 Å². The number of nitrogens with one attached hydrogen (secondary N) is 1. The molecule has 1 aromatic heterocycles. The van der Waals surface area contributed by atoms with Crippen molar-refractivity contribution in [2.75, 3.05) is 6.61 Å². The molecule has 102 valence electrons. The third-order valence-corrected chi connectivity index (χ3v) is 2.20. The molecular weight excluding hydrogens is 240 g/mol. The molecule has 19 heavy (non-hydrogen) atoms. The molecule has 0 spiro atoms. The number of benzene rings is 1. The summed E-state index contributed by atoms with van der Waals surface area (Å²) in [6, 6.07) is 7.15. The fourth-order valence-corrected chi connectivity index (χ4v) is 1.46. The molecule has 0 fully saturated rings. The van der Waals surface area contributed by atoms with Crippen molar-refractivity contribution in [2.24, 2.45) is 0 Å². The first kappa shape index (κ1) is 15.0. The summed E-state index contributed by atoms with van der Waals surface area (Å²) in [5.41, 5.74) is 0.462. The highest BCUT2D eigenvalue weighted by atomic mass is 16.5. The van der Waals surface area contributed by atoms with Crippen LogP contribution in [0, 0.1) is 0 Å². The van der Waals surface area contributed by atoms with Crippen molar-refractivity contribution in [1.82, 2.24) is 9.97 Å². The number of hydrogen-bond donors (Lipinski definition) is 1. The van der Waals surface area contributed by atoms with Gasteiger partial charge in [0.1, 0.15) is 0 Å². The molecule has 0 aliphatic heterocycles. The van der Waals surface area contributed by atoms with Crippen molar-refractivity contribution < 1.29 is 4.74 Å². The largest absolute Gasteiger partial charge is 0.491 e. The first-order valence-corrected chi connectivity index (χ1v) is 6.45. The molecule has 1 heterocycles. The number of hydrogen-bond acceptors (Lipinski definition) is 3. The van der Waals surface area contributed by atoms with Crippen LogP contribution < -0.4 is 5.56 Å². The lowest BCUT2D eigenvalue weighted by Crippen LogP contribution is -2.11. The summed E-state index contributed by atoms with van der Waals surface area (Å²) < 4.78 is 5.20. The average Bonchev–Trinajstić information content (AvgIpc) is 2.40. The van der Waals surface area contributed by atoms with Crippen molar-refractivity contribution in [3.8, 4) is 0 Å². The average molecular weight is 260 g/mol. The quantitative estimate of drug-likeness (QED) is 0.861. The molecule has 2 aromatic rings. The number of fused-ring (bicyclic) bond motifs is 1. The molecule has 4 heteroatoms. The minimum absolute atomic E-state index is 0.179. The van der Waals surface area contributed by atoms with Crippen LogP contribution in [-0.4, -0.2) is 16.6 Å². The summed E-state index contributed by atoms with van der Waals surface area (Å²) >= 11 is 0. The molecule has 0 unspecified atom stereocenters. The lowest BCUT2D eigenvalue weighted by atomic mass is 10.2. The summed E-state index contributed by atoms with van der Waals surface area (Å²) in [5, 5.41) is 0.565. The monoisotopic (exact) mass is 260 g/mol. The molecule has 0 atom stereocenters. The van der Waals surface area contributed by atoms with Crippen LogP contribution in [0.5, 0.6) is 0 Å². The summed E-state index contributed by atoms with van der Waals surface area (Å²) in [6.45, 7) is 10.3. The first-order valence-electron chi connectivity index (χ1n) is 6.45. The SMILES string of the molecule is C=C(OCC)c1nc2ccccc2c(=O)[nH]1.CCC. The second-order valence-electron chi connectivity index (χ2n) is 3.99. The molecule has 0 aliphatic carbocycles. The maximum Gasteiger partial charge on any atom is 0.259 e. The Morgan fingerprint density at radius 1 is 1.32 bits per heavy atom. The Kier molecular flexibility index (Phi) is 5.79. The second kappa shape index (κ2) is 7.36. The maximum atomic E-state index is 11.7.